The zero-order chi connectivity index (χ0) is 22.4. The van der Waals surface area contributed by atoms with Crippen LogP contribution in [0, 0.1) is 23.2 Å². The van der Waals surface area contributed by atoms with E-state index >= 15 is 0 Å². The molecule has 6 heteroatoms. The highest BCUT2D eigenvalue weighted by Crippen LogP contribution is 2.36. The van der Waals surface area contributed by atoms with Crippen molar-refractivity contribution < 1.29 is 9.53 Å². The Labute approximate surface area is 187 Å². The zero-order valence-corrected chi connectivity index (χ0v) is 19.6. The lowest BCUT2D eigenvalue weighted by atomic mass is 9.76. The summed E-state index contributed by atoms with van der Waals surface area (Å²) in [7, 11) is 1.96. The summed E-state index contributed by atoms with van der Waals surface area (Å²) in [6, 6.07) is 0.101. The number of nitrogens with zero attached hydrogens (tertiary/aromatic N) is 1. The molecule has 1 aromatic rings. The minimum absolute atomic E-state index is 0.0376. The van der Waals surface area contributed by atoms with Gasteiger partial charge in [-0.3, -0.25) is 5.10 Å². The van der Waals surface area contributed by atoms with Gasteiger partial charge < -0.3 is 20.6 Å². The molecule has 1 saturated heterocycles. The predicted octanol–water partition coefficient (Wildman–Crippen LogP) is 3.64. The number of aldehydes is 1. The Balaban J connectivity index is 1.86. The number of carbonyl (C=O) groups excluding carboxylic acids is 1. The highest BCUT2D eigenvalue weighted by atomic mass is 16.5. The molecule has 0 aromatic carbocycles. The van der Waals surface area contributed by atoms with Crippen LogP contribution in [0.5, 0.6) is 0 Å². The number of fused-ring (bicyclic) bond motifs is 1. The summed E-state index contributed by atoms with van der Waals surface area (Å²) in [6.07, 6.45) is 13.4. The molecular formula is C25H40N4O2. The summed E-state index contributed by atoms with van der Waals surface area (Å²) >= 11 is 0. The van der Waals surface area contributed by atoms with E-state index in [0.29, 0.717) is 17.7 Å². The summed E-state index contributed by atoms with van der Waals surface area (Å²) in [4.78, 5) is 12.0. The Kier molecular flexibility index (Phi) is 8.11. The number of ether oxygens (including phenoxy) is 1. The fourth-order valence-electron chi connectivity index (χ4n) is 5.15. The highest BCUT2D eigenvalue weighted by Gasteiger charge is 2.31. The number of likely N-dealkylation sites (N-methyl/N-ethyl adjacent to an activating group) is 1. The molecule has 2 aliphatic rings. The average molecular weight is 429 g/mol. The molecule has 4 N–H and O–H groups in total. The summed E-state index contributed by atoms with van der Waals surface area (Å²) in [5.74, 6) is 0.335. The number of aromatic amines is 1. The Morgan fingerprint density at radius 2 is 2.26 bits per heavy atom. The molecule has 3 unspecified atom stereocenters. The van der Waals surface area contributed by atoms with Gasteiger partial charge in [0.15, 0.2) is 0 Å². The molecule has 0 spiro atoms. The molecule has 3 rings (SSSR count). The van der Waals surface area contributed by atoms with Gasteiger partial charge in [0.2, 0.25) is 0 Å². The topological polar surface area (TPSA) is 93.0 Å². The first-order valence-corrected chi connectivity index (χ1v) is 11.8. The van der Waals surface area contributed by atoms with E-state index in [9.17, 15) is 4.79 Å². The minimum Gasteiger partial charge on any atom is -0.397 e. The number of nitrogens with one attached hydrogen (secondary N) is 2. The zero-order valence-electron chi connectivity index (χ0n) is 19.6. The second-order valence-corrected chi connectivity index (χ2v) is 10.0. The van der Waals surface area contributed by atoms with Crippen molar-refractivity contribution >= 4 is 12.0 Å². The Hall–Kier alpha value is -1.92. The summed E-state index contributed by atoms with van der Waals surface area (Å²) in [5, 5.41) is 11.2. The van der Waals surface area contributed by atoms with Gasteiger partial charge in [0.05, 0.1) is 12.3 Å². The molecule has 2 heterocycles. The maximum Gasteiger partial charge on any atom is 0.123 e. The van der Waals surface area contributed by atoms with Crippen LogP contribution in [-0.4, -0.2) is 42.8 Å². The first kappa shape index (κ1) is 23.7. The van der Waals surface area contributed by atoms with Crippen LogP contribution in [0.25, 0.3) is 5.70 Å². The third-order valence-corrected chi connectivity index (χ3v) is 7.04. The van der Waals surface area contributed by atoms with Gasteiger partial charge in [0.1, 0.15) is 12.0 Å². The second-order valence-electron chi connectivity index (χ2n) is 10.0. The number of H-pyrrole nitrogens is 1. The van der Waals surface area contributed by atoms with Gasteiger partial charge in [-0.2, -0.15) is 5.10 Å². The lowest BCUT2D eigenvalue weighted by molar-refractivity contribution is -0.115. The SMILES string of the molecule is C/C=C\C(NC)[C@@H](/C=C(\N)c1n[nH]c2c1CCC(C)(C)C2)CC(C=O)C1CCCOC1. The van der Waals surface area contributed by atoms with E-state index in [1.807, 2.05) is 14.0 Å². The number of allylic oxidation sites excluding steroid dienone is 1. The van der Waals surface area contributed by atoms with E-state index in [4.69, 9.17) is 10.5 Å². The third-order valence-electron chi connectivity index (χ3n) is 7.04. The van der Waals surface area contributed by atoms with Gasteiger partial charge in [0, 0.05) is 29.8 Å². The van der Waals surface area contributed by atoms with Crippen molar-refractivity contribution in [2.45, 2.75) is 65.3 Å². The molecule has 0 radical (unpaired) electrons. The Morgan fingerprint density at radius 1 is 1.45 bits per heavy atom. The fourth-order valence-corrected chi connectivity index (χ4v) is 5.15. The number of nitrogens with two attached hydrogens (primary N) is 1. The molecule has 0 bridgehead atoms. The van der Waals surface area contributed by atoms with E-state index in [1.165, 1.54) is 11.3 Å². The molecule has 1 aliphatic carbocycles. The van der Waals surface area contributed by atoms with Crippen molar-refractivity contribution in [2.75, 3.05) is 20.3 Å². The molecular weight excluding hydrogens is 388 g/mol. The number of aromatic nitrogens is 2. The summed E-state index contributed by atoms with van der Waals surface area (Å²) < 4.78 is 5.66. The average Bonchev–Trinajstić information content (AvgIpc) is 3.17. The Bertz CT molecular complexity index is 789. The minimum atomic E-state index is -0.0376. The van der Waals surface area contributed by atoms with Gasteiger partial charge in [-0.1, -0.05) is 32.1 Å². The highest BCUT2D eigenvalue weighted by molar-refractivity contribution is 5.64. The van der Waals surface area contributed by atoms with Crippen LogP contribution in [0.3, 0.4) is 0 Å². The lowest BCUT2D eigenvalue weighted by Gasteiger charge is -2.31. The molecule has 0 amide bonds. The van der Waals surface area contributed by atoms with Crippen molar-refractivity contribution in [3.05, 3.63) is 35.2 Å². The molecule has 4 atom stereocenters. The van der Waals surface area contributed by atoms with Gasteiger partial charge >= 0.3 is 0 Å². The second kappa shape index (κ2) is 10.6. The van der Waals surface area contributed by atoms with E-state index in [1.54, 1.807) is 0 Å². The van der Waals surface area contributed by atoms with Gasteiger partial charge in [-0.25, -0.2) is 0 Å². The van der Waals surface area contributed by atoms with Crippen LogP contribution in [0.15, 0.2) is 18.2 Å². The van der Waals surface area contributed by atoms with Crippen LogP contribution >= 0.6 is 0 Å². The fraction of sp³-hybridized carbons (Fsp3) is 0.680. The van der Waals surface area contributed by atoms with E-state index in [-0.39, 0.29) is 23.8 Å². The van der Waals surface area contributed by atoms with E-state index in [0.717, 1.165) is 57.1 Å². The largest absolute Gasteiger partial charge is 0.397 e. The van der Waals surface area contributed by atoms with Crippen LogP contribution in [0.1, 0.15) is 63.4 Å². The van der Waals surface area contributed by atoms with Crippen LogP contribution in [0.4, 0.5) is 0 Å². The standard InChI is InChI=1S/C25H40N4O2/c1-5-7-22(27-4)18(12-19(15-30)17-8-6-11-31-16-17)13-21(26)24-20-9-10-25(2,3)14-23(20)28-29-24/h5,7,13,15,17-19,22,27H,6,8-12,14,16,26H2,1-4H3,(H,28,29)/b7-5-,21-13-/t17?,18-,19?,22?/m1/s1. The normalized spacial score (nSPS) is 24.5. The monoisotopic (exact) mass is 428 g/mol. The first-order valence-electron chi connectivity index (χ1n) is 11.8. The third kappa shape index (κ3) is 5.86. The van der Waals surface area contributed by atoms with Gasteiger partial charge in [-0.05, 0) is 69.7 Å². The molecule has 31 heavy (non-hydrogen) atoms. The van der Waals surface area contributed by atoms with E-state index in [2.05, 4.69) is 47.6 Å². The molecule has 6 nitrogen and oxygen atoms in total. The summed E-state index contributed by atoms with van der Waals surface area (Å²) in [5.41, 5.74) is 11.0. The quantitative estimate of drug-likeness (QED) is 0.412. The lowest BCUT2D eigenvalue weighted by Crippen LogP contribution is -2.35. The van der Waals surface area contributed by atoms with E-state index < -0.39 is 0 Å². The number of carbonyl (C=O) groups is 1. The van der Waals surface area contributed by atoms with Gasteiger partial charge in [0.25, 0.3) is 0 Å². The van der Waals surface area contributed by atoms with Gasteiger partial charge in [-0.15, -0.1) is 0 Å². The van der Waals surface area contributed by atoms with Crippen LogP contribution in [0.2, 0.25) is 0 Å². The maximum absolute atomic E-state index is 12.0. The van der Waals surface area contributed by atoms with Crippen molar-refractivity contribution in [1.29, 1.82) is 0 Å². The molecule has 1 aromatic heterocycles. The number of hydrogen-bond acceptors (Lipinski definition) is 5. The number of hydrogen-bond donors (Lipinski definition) is 3. The van der Waals surface area contributed by atoms with Crippen molar-refractivity contribution in [3.63, 3.8) is 0 Å². The molecule has 0 saturated carbocycles. The maximum atomic E-state index is 12.0. The molecule has 172 valence electrons. The van der Waals surface area contributed by atoms with Crippen molar-refractivity contribution in [1.82, 2.24) is 15.5 Å². The first-order chi connectivity index (χ1) is 14.9. The predicted molar refractivity (Wildman–Crippen MR) is 125 cm³/mol. The van der Waals surface area contributed by atoms with Crippen molar-refractivity contribution in [3.8, 4) is 0 Å². The smallest absolute Gasteiger partial charge is 0.123 e. The molecule has 1 aliphatic heterocycles. The Morgan fingerprint density at radius 3 is 2.90 bits per heavy atom. The van der Waals surface area contributed by atoms with Crippen molar-refractivity contribution in [2.24, 2.45) is 28.9 Å². The van der Waals surface area contributed by atoms with Crippen LogP contribution in [-0.2, 0) is 22.4 Å². The molecule has 1 fully saturated rings. The van der Waals surface area contributed by atoms with Crippen LogP contribution < -0.4 is 11.1 Å². The summed E-state index contributed by atoms with van der Waals surface area (Å²) in [6.45, 7) is 8.10. The number of rotatable bonds is 9.